The molecule has 1 N–H and O–H groups in total. The van der Waals surface area contributed by atoms with Crippen molar-refractivity contribution < 1.29 is 18.0 Å². The van der Waals surface area contributed by atoms with Crippen LogP contribution in [-0.4, -0.2) is 24.9 Å². The molecule has 2 aromatic rings. The van der Waals surface area contributed by atoms with Gasteiger partial charge in [-0.3, -0.25) is 4.79 Å². The summed E-state index contributed by atoms with van der Waals surface area (Å²) in [7, 11) is 3.02. The van der Waals surface area contributed by atoms with Gasteiger partial charge in [-0.15, -0.1) is 0 Å². The first kappa shape index (κ1) is 15.9. The predicted octanol–water partition coefficient (Wildman–Crippen LogP) is 3.42. The quantitative estimate of drug-likeness (QED) is 0.938. The lowest BCUT2D eigenvalue weighted by molar-refractivity contribution is 0.0823. The Morgan fingerprint density at radius 2 is 1.68 bits per heavy atom. The maximum absolute atomic E-state index is 13.7. The van der Waals surface area contributed by atoms with E-state index < -0.39 is 23.4 Å². The van der Waals surface area contributed by atoms with Crippen molar-refractivity contribution >= 4 is 11.6 Å². The number of halogens is 3. The smallest absolute Gasteiger partial charge is 0.256 e. The molecular formula is C16H15F3N2O. The van der Waals surface area contributed by atoms with Crippen LogP contribution in [0.5, 0.6) is 0 Å². The number of hydrogen-bond acceptors (Lipinski definition) is 2. The average molecular weight is 308 g/mol. The summed E-state index contributed by atoms with van der Waals surface area (Å²) in [6.07, 6.45) is 0. The number of nitrogens with one attached hydrogen (secondary N) is 1. The van der Waals surface area contributed by atoms with Gasteiger partial charge in [0.25, 0.3) is 5.91 Å². The van der Waals surface area contributed by atoms with E-state index in [4.69, 9.17) is 0 Å². The number of amides is 1. The van der Waals surface area contributed by atoms with E-state index >= 15 is 0 Å². The van der Waals surface area contributed by atoms with Crippen molar-refractivity contribution in [2.45, 2.75) is 6.54 Å². The molecule has 6 heteroatoms. The summed E-state index contributed by atoms with van der Waals surface area (Å²) in [6, 6.07) is 7.45. The van der Waals surface area contributed by atoms with E-state index in [1.165, 1.54) is 37.2 Å². The second kappa shape index (κ2) is 6.51. The van der Waals surface area contributed by atoms with Crippen molar-refractivity contribution in [2.75, 3.05) is 19.4 Å². The minimum absolute atomic E-state index is 0.107. The summed E-state index contributed by atoms with van der Waals surface area (Å²) in [6.45, 7) is -0.111. The first-order valence-electron chi connectivity index (χ1n) is 6.58. The summed E-state index contributed by atoms with van der Waals surface area (Å²) in [5.41, 5.74) is 0.172. The summed E-state index contributed by atoms with van der Waals surface area (Å²) in [5.74, 6) is -2.47. The summed E-state index contributed by atoms with van der Waals surface area (Å²) in [5, 5.41) is 2.79. The van der Waals surface area contributed by atoms with Crippen molar-refractivity contribution in [3.8, 4) is 0 Å². The number of nitrogens with zero attached hydrogens (tertiary/aromatic N) is 1. The number of carbonyl (C=O) groups excluding carboxylic acids is 1. The molecule has 22 heavy (non-hydrogen) atoms. The zero-order valence-corrected chi connectivity index (χ0v) is 12.2. The number of carbonyl (C=O) groups is 1. The van der Waals surface area contributed by atoms with Crippen LogP contribution in [0.2, 0.25) is 0 Å². The number of hydrogen-bond donors (Lipinski definition) is 1. The van der Waals surface area contributed by atoms with Gasteiger partial charge in [-0.05, 0) is 30.3 Å². The topological polar surface area (TPSA) is 32.3 Å². The van der Waals surface area contributed by atoms with Crippen LogP contribution >= 0.6 is 0 Å². The lowest BCUT2D eigenvalue weighted by atomic mass is 10.1. The highest BCUT2D eigenvalue weighted by atomic mass is 19.1. The van der Waals surface area contributed by atoms with Gasteiger partial charge in [0, 0.05) is 31.9 Å². The average Bonchev–Trinajstić information content (AvgIpc) is 2.47. The normalized spacial score (nSPS) is 10.4. The third-order valence-corrected chi connectivity index (χ3v) is 3.13. The number of rotatable bonds is 4. The van der Waals surface area contributed by atoms with Crippen LogP contribution in [-0.2, 0) is 6.54 Å². The molecule has 0 aliphatic heterocycles. The zero-order chi connectivity index (χ0) is 16.3. The molecule has 0 aliphatic carbocycles. The van der Waals surface area contributed by atoms with Crippen LogP contribution < -0.4 is 5.32 Å². The SMILES string of the molecule is CN(C)C(=O)c1cc(NCc2c(F)cccc2F)ccc1F. The van der Waals surface area contributed by atoms with Crippen molar-refractivity contribution in [3.63, 3.8) is 0 Å². The van der Waals surface area contributed by atoms with E-state index in [9.17, 15) is 18.0 Å². The highest BCUT2D eigenvalue weighted by Crippen LogP contribution is 2.18. The second-order valence-electron chi connectivity index (χ2n) is 4.95. The minimum Gasteiger partial charge on any atom is -0.381 e. The molecule has 0 unspecified atom stereocenters. The van der Waals surface area contributed by atoms with Crippen LogP contribution in [0.4, 0.5) is 18.9 Å². The predicted molar refractivity (Wildman–Crippen MR) is 78.1 cm³/mol. The fourth-order valence-corrected chi connectivity index (χ4v) is 1.93. The molecule has 3 nitrogen and oxygen atoms in total. The van der Waals surface area contributed by atoms with Gasteiger partial charge in [-0.2, -0.15) is 0 Å². The Kier molecular flexibility index (Phi) is 4.70. The standard InChI is InChI=1S/C16H15F3N2O/c1-21(2)16(22)11-8-10(6-7-15(11)19)20-9-12-13(17)4-3-5-14(12)18/h3-8,20H,9H2,1-2H3. The van der Waals surface area contributed by atoms with Crippen LogP contribution in [0.15, 0.2) is 36.4 Å². The van der Waals surface area contributed by atoms with Crippen LogP contribution in [0.1, 0.15) is 15.9 Å². The van der Waals surface area contributed by atoms with Crippen LogP contribution in [0, 0.1) is 17.5 Å². The fraction of sp³-hybridized carbons (Fsp3) is 0.188. The maximum atomic E-state index is 13.7. The highest BCUT2D eigenvalue weighted by molar-refractivity contribution is 5.95. The Morgan fingerprint density at radius 1 is 1.05 bits per heavy atom. The van der Waals surface area contributed by atoms with E-state index in [1.54, 1.807) is 0 Å². The van der Waals surface area contributed by atoms with Crippen molar-refractivity contribution in [2.24, 2.45) is 0 Å². The molecule has 0 spiro atoms. The Hall–Kier alpha value is -2.50. The van der Waals surface area contributed by atoms with Crippen LogP contribution in [0.25, 0.3) is 0 Å². The molecule has 0 heterocycles. The molecule has 116 valence electrons. The largest absolute Gasteiger partial charge is 0.381 e. The van der Waals surface area contributed by atoms with Crippen LogP contribution in [0.3, 0.4) is 0 Å². The third-order valence-electron chi connectivity index (χ3n) is 3.13. The molecule has 1 amide bonds. The molecule has 0 saturated heterocycles. The molecule has 0 bridgehead atoms. The van der Waals surface area contributed by atoms with E-state index in [-0.39, 0.29) is 17.7 Å². The monoisotopic (exact) mass is 308 g/mol. The number of benzene rings is 2. The van der Waals surface area contributed by atoms with Gasteiger partial charge in [0.1, 0.15) is 17.5 Å². The Bertz CT molecular complexity index is 682. The van der Waals surface area contributed by atoms with E-state index in [1.807, 2.05) is 0 Å². The van der Waals surface area contributed by atoms with Crippen molar-refractivity contribution in [1.29, 1.82) is 0 Å². The second-order valence-corrected chi connectivity index (χ2v) is 4.95. The molecule has 2 rings (SSSR count). The molecule has 0 radical (unpaired) electrons. The lowest BCUT2D eigenvalue weighted by Gasteiger charge is -2.13. The Balaban J connectivity index is 2.21. The van der Waals surface area contributed by atoms with E-state index in [0.717, 1.165) is 18.2 Å². The van der Waals surface area contributed by atoms with Gasteiger partial charge in [0.15, 0.2) is 0 Å². The third kappa shape index (κ3) is 3.39. The Labute approximate surface area is 126 Å². The van der Waals surface area contributed by atoms with Gasteiger partial charge in [0.05, 0.1) is 5.56 Å². The van der Waals surface area contributed by atoms with E-state index in [0.29, 0.717) is 5.69 Å². The van der Waals surface area contributed by atoms with Gasteiger partial charge in [-0.1, -0.05) is 6.07 Å². The van der Waals surface area contributed by atoms with Gasteiger partial charge in [-0.25, -0.2) is 13.2 Å². The Morgan fingerprint density at radius 3 is 2.27 bits per heavy atom. The summed E-state index contributed by atoms with van der Waals surface area (Å²) < 4.78 is 40.7. The molecule has 0 fully saturated rings. The molecular weight excluding hydrogens is 293 g/mol. The zero-order valence-electron chi connectivity index (χ0n) is 12.2. The van der Waals surface area contributed by atoms with Crippen molar-refractivity contribution in [3.05, 3.63) is 65.0 Å². The highest BCUT2D eigenvalue weighted by Gasteiger charge is 2.15. The minimum atomic E-state index is -0.667. The summed E-state index contributed by atoms with van der Waals surface area (Å²) in [4.78, 5) is 13.1. The van der Waals surface area contributed by atoms with Gasteiger partial charge < -0.3 is 10.2 Å². The molecule has 0 aromatic heterocycles. The fourth-order valence-electron chi connectivity index (χ4n) is 1.93. The van der Waals surface area contributed by atoms with Gasteiger partial charge in [0.2, 0.25) is 0 Å². The first-order chi connectivity index (χ1) is 10.4. The molecule has 2 aromatic carbocycles. The van der Waals surface area contributed by atoms with Crippen molar-refractivity contribution in [1.82, 2.24) is 4.90 Å². The number of anilines is 1. The van der Waals surface area contributed by atoms with Gasteiger partial charge >= 0.3 is 0 Å². The molecule has 0 atom stereocenters. The first-order valence-corrected chi connectivity index (χ1v) is 6.58. The molecule has 0 aliphatic rings. The lowest BCUT2D eigenvalue weighted by Crippen LogP contribution is -2.23. The van der Waals surface area contributed by atoms with E-state index in [2.05, 4.69) is 5.32 Å². The molecule has 0 saturated carbocycles. The summed E-state index contributed by atoms with van der Waals surface area (Å²) >= 11 is 0. The maximum Gasteiger partial charge on any atom is 0.256 e.